The summed E-state index contributed by atoms with van der Waals surface area (Å²) in [5.74, 6) is 2.24. The highest BCUT2D eigenvalue weighted by molar-refractivity contribution is 5.83. The van der Waals surface area contributed by atoms with Crippen molar-refractivity contribution in [2.24, 2.45) is 17.8 Å². The first kappa shape index (κ1) is 14.6. The summed E-state index contributed by atoms with van der Waals surface area (Å²) >= 11 is 0. The highest BCUT2D eigenvalue weighted by Gasteiger charge is 2.47. The van der Waals surface area contributed by atoms with Crippen LogP contribution in [0.2, 0.25) is 0 Å². The van der Waals surface area contributed by atoms with Gasteiger partial charge in [-0.1, -0.05) is 61.7 Å². The molecule has 0 saturated heterocycles. The van der Waals surface area contributed by atoms with Crippen LogP contribution in [0.3, 0.4) is 0 Å². The second kappa shape index (κ2) is 6.17. The number of aryl methyl sites for hydroxylation is 1. The summed E-state index contributed by atoms with van der Waals surface area (Å²) in [5, 5.41) is 0. The van der Waals surface area contributed by atoms with Crippen LogP contribution in [0.15, 0.2) is 36.4 Å². The van der Waals surface area contributed by atoms with Crippen molar-refractivity contribution in [3.8, 4) is 0 Å². The predicted molar refractivity (Wildman–Crippen MR) is 87.3 cm³/mol. The van der Waals surface area contributed by atoms with E-state index >= 15 is 0 Å². The Balaban J connectivity index is 1.79. The fraction of sp³-hybridized carbons (Fsp3) is 0.550. The number of Topliss-reactive ketones (excluding diaryl/α,β-unsaturated/α-hetero) is 1. The summed E-state index contributed by atoms with van der Waals surface area (Å²) in [4.78, 5) is 12.7. The Morgan fingerprint density at radius 1 is 1.10 bits per heavy atom. The van der Waals surface area contributed by atoms with Gasteiger partial charge in [-0.05, 0) is 37.2 Å². The molecule has 1 heteroatoms. The molecular weight excluding hydrogens is 256 g/mol. The van der Waals surface area contributed by atoms with Gasteiger partial charge >= 0.3 is 0 Å². The molecule has 0 aromatic heterocycles. The maximum atomic E-state index is 12.7. The maximum Gasteiger partial charge on any atom is 0.137 e. The lowest BCUT2D eigenvalue weighted by Gasteiger charge is -2.27. The molecule has 0 spiro atoms. The minimum absolute atomic E-state index is 0.236. The molecule has 1 aromatic carbocycles. The summed E-state index contributed by atoms with van der Waals surface area (Å²) < 4.78 is 0. The first-order chi connectivity index (χ1) is 10.2. The van der Waals surface area contributed by atoms with E-state index in [4.69, 9.17) is 0 Å². The topological polar surface area (TPSA) is 17.1 Å². The van der Waals surface area contributed by atoms with Gasteiger partial charge in [0, 0.05) is 18.3 Å². The summed E-state index contributed by atoms with van der Waals surface area (Å²) in [5.41, 5.74) is 2.66. The van der Waals surface area contributed by atoms with Crippen molar-refractivity contribution < 1.29 is 4.79 Å². The molecule has 1 nitrogen and oxygen atoms in total. The average molecular weight is 282 g/mol. The van der Waals surface area contributed by atoms with Gasteiger partial charge in [0.25, 0.3) is 0 Å². The number of hydrogen-bond donors (Lipinski definition) is 0. The summed E-state index contributed by atoms with van der Waals surface area (Å²) in [6.45, 7) is 4.32. The molecule has 112 valence electrons. The van der Waals surface area contributed by atoms with Crippen molar-refractivity contribution in [1.29, 1.82) is 0 Å². The molecule has 0 heterocycles. The molecule has 0 N–H and O–H groups in total. The van der Waals surface area contributed by atoms with Crippen LogP contribution in [0.25, 0.3) is 0 Å². The SMILES string of the molecule is CCCCCC(=O)C1C2C=CC(C2)C1c1ccc(C)cc1. The zero-order chi connectivity index (χ0) is 14.8. The van der Waals surface area contributed by atoms with Gasteiger partial charge in [-0.2, -0.15) is 0 Å². The van der Waals surface area contributed by atoms with Crippen LogP contribution >= 0.6 is 0 Å². The zero-order valence-electron chi connectivity index (χ0n) is 13.2. The van der Waals surface area contributed by atoms with E-state index in [0.717, 1.165) is 12.8 Å². The van der Waals surface area contributed by atoms with Crippen molar-refractivity contribution in [3.05, 3.63) is 47.5 Å². The van der Waals surface area contributed by atoms with E-state index in [2.05, 4.69) is 50.3 Å². The van der Waals surface area contributed by atoms with E-state index in [1.54, 1.807) is 0 Å². The van der Waals surface area contributed by atoms with Crippen molar-refractivity contribution in [3.63, 3.8) is 0 Å². The number of rotatable bonds is 6. The van der Waals surface area contributed by atoms with Gasteiger partial charge in [0.15, 0.2) is 0 Å². The number of unbranched alkanes of at least 4 members (excludes halogenated alkanes) is 2. The number of hydrogen-bond acceptors (Lipinski definition) is 1. The van der Waals surface area contributed by atoms with Crippen LogP contribution in [0.4, 0.5) is 0 Å². The van der Waals surface area contributed by atoms with Crippen molar-refractivity contribution in [2.75, 3.05) is 0 Å². The lowest BCUT2D eigenvalue weighted by molar-refractivity contribution is -0.124. The van der Waals surface area contributed by atoms with E-state index in [1.165, 1.54) is 30.4 Å². The van der Waals surface area contributed by atoms with Gasteiger partial charge in [0.1, 0.15) is 5.78 Å². The van der Waals surface area contributed by atoms with Crippen LogP contribution < -0.4 is 0 Å². The number of carbonyl (C=O) groups is 1. The predicted octanol–water partition coefficient (Wildman–Crippen LogP) is 5.05. The normalized spacial score (nSPS) is 30.0. The lowest BCUT2D eigenvalue weighted by atomic mass is 9.75. The molecule has 3 rings (SSSR count). The van der Waals surface area contributed by atoms with E-state index in [0.29, 0.717) is 23.5 Å². The molecule has 0 amide bonds. The molecular formula is C20H26O. The van der Waals surface area contributed by atoms with Gasteiger partial charge in [-0.25, -0.2) is 0 Å². The standard InChI is InChI=1S/C20H26O/c1-3-4-5-6-18(21)20-17-12-11-16(13-17)19(20)15-9-7-14(2)8-10-15/h7-12,16-17,19-20H,3-6,13H2,1-2H3. The number of benzene rings is 1. The molecule has 1 aromatic rings. The van der Waals surface area contributed by atoms with E-state index in [1.807, 2.05) is 0 Å². The molecule has 4 unspecified atom stereocenters. The van der Waals surface area contributed by atoms with E-state index in [9.17, 15) is 4.79 Å². The van der Waals surface area contributed by atoms with Gasteiger partial charge in [0.2, 0.25) is 0 Å². The molecule has 2 aliphatic rings. The van der Waals surface area contributed by atoms with Crippen LogP contribution in [0.1, 0.15) is 56.1 Å². The van der Waals surface area contributed by atoms with Gasteiger partial charge in [-0.15, -0.1) is 0 Å². The van der Waals surface area contributed by atoms with Crippen LogP contribution in [0.5, 0.6) is 0 Å². The monoisotopic (exact) mass is 282 g/mol. The van der Waals surface area contributed by atoms with Gasteiger partial charge in [0.05, 0.1) is 0 Å². The Morgan fingerprint density at radius 2 is 1.81 bits per heavy atom. The summed E-state index contributed by atoms with van der Waals surface area (Å²) in [6, 6.07) is 8.84. The quantitative estimate of drug-likeness (QED) is 0.527. The lowest BCUT2D eigenvalue weighted by Crippen LogP contribution is -2.26. The molecule has 1 saturated carbocycles. The summed E-state index contributed by atoms with van der Waals surface area (Å²) in [6.07, 6.45) is 10.0. The third-order valence-corrected chi connectivity index (χ3v) is 5.32. The van der Waals surface area contributed by atoms with E-state index in [-0.39, 0.29) is 5.92 Å². The van der Waals surface area contributed by atoms with Crippen molar-refractivity contribution in [2.45, 2.75) is 51.9 Å². The molecule has 4 atom stereocenters. The minimum atomic E-state index is 0.236. The van der Waals surface area contributed by atoms with Crippen molar-refractivity contribution >= 4 is 5.78 Å². The number of carbonyl (C=O) groups excluding carboxylic acids is 1. The number of fused-ring (bicyclic) bond motifs is 2. The Bertz CT molecular complexity index is 525. The van der Waals surface area contributed by atoms with Crippen LogP contribution in [0, 0.1) is 24.7 Å². The average Bonchev–Trinajstić information content (AvgIpc) is 3.09. The highest BCUT2D eigenvalue weighted by atomic mass is 16.1. The maximum absolute atomic E-state index is 12.7. The molecule has 2 aliphatic carbocycles. The number of allylic oxidation sites excluding steroid dienone is 2. The molecule has 0 radical (unpaired) electrons. The molecule has 1 fully saturated rings. The fourth-order valence-corrected chi connectivity index (χ4v) is 4.22. The minimum Gasteiger partial charge on any atom is -0.299 e. The second-order valence-electron chi connectivity index (χ2n) is 6.83. The Kier molecular flexibility index (Phi) is 4.28. The second-order valence-corrected chi connectivity index (χ2v) is 6.83. The fourth-order valence-electron chi connectivity index (χ4n) is 4.22. The Morgan fingerprint density at radius 3 is 2.52 bits per heavy atom. The third-order valence-electron chi connectivity index (χ3n) is 5.32. The van der Waals surface area contributed by atoms with Crippen LogP contribution in [-0.4, -0.2) is 5.78 Å². The largest absolute Gasteiger partial charge is 0.299 e. The zero-order valence-corrected chi connectivity index (χ0v) is 13.2. The Hall–Kier alpha value is -1.37. The van der Waals surface area contributed by atoms with E-state index < -0.39 is 0 Å². The first-order valence-corrected chi connectivity index (χ1v) is 8.48. The summed E-state index contributed by atoms with van der Waals surface area (Å²) in [7, 11) is 0. The van der Waals surface area contributed by atoms with Gasteiger partial charge in [-0.3, -0.25) is 4.79 Å². The van der Waals surface area contributed by atoms with Gasteiger partial charge < -0.3 is 0 Å². The first-order valence-electron chi connectivity index (χ1n) is 8.48. The third kappa shape index (κ3) is 2.84. The van der Waals surface area contributed by atoms with Crippen molar-refractivity contribution in [1.82, 2.24) is 0 Å². The molecule has 0 aliphatic heterocycles. The van der Waals surface area contributed by atoms with Crippen LogP contribution in [-0.2, 0) is 4.79 Å². The number of ketones is 1. The molecule has 2 bridgehead atoms. The smallest absolute Gasteiger partial charge is 0.137 e. The Labute approximate surface area is 128 Å². The molecule has 21 heavy (non-hydrogen) atoms. The highest BCUT2D eigenvalue weighted by Crippen LogP contribution is 2.53.